The molecule has 1 atom stereocenters. The minimum absolute atomic E-state index is 0.0269. The fraction of sp³-hybridized carbons (Fsp3) is 0.611. The number of hydrogen-bond acceptors (Lipinski definition) is 5. The summed E-state index contributed by atoms with van der Waals surface area (Å²) < 4.78 is 10.7. The van der Waals surface area contributed by atoms with Crippen molar-refractivity contribution in [2.45, 2.75) is 18.9 Å². The Kier molecular flexibility index (Phi) is 6.60. The summed E-state index contributed by atoms with van der Waals surface area (Å²) in [5, 5.41) is 6.25. The zero-order valence-corrected chi connectivity index (χ0v) is 14.1. The van der Waals surface area contributed by atoms with Gasteiger partial charge in [-0.1, -0.05) is 12.1 Å². The van der Waals surface area contributed by atoms with E-state index in [2.05, 4.69) is 27.7 Å². The summed E-state index contributed by atoms with van der Waals surface area (Å²) in [4.78, 5) is 14.5. The number of hydrogen-bond donors (Lipinski definition) is 2. The number of rotatable bonds is 6. The van der Waals surface area contributed by atoms with E-state index in [0.29, 0.717) is 13.0 Å². The number of carbonyl (C=O) groups is 1. The monoisotopic (exact) mass is 333 g/mol. The van der Waals surface area contributed by atoms with Crippen molar-refractivity contribution in [2.24, 2.45) is 0 Å². The molecule has 6 nitrogen and oxygen atoms in total. The van der Waals surface area contributed by atoms with Crippen LogP contribution in [0.15, 0.2) is 24.3 Å². The van der Waals surface area contributed by atoms with Crippen molar-refractivity contribution in [3.63, 3.8) is 0 Å². The minimum Gasteiger partial charge on any atom is -0.379 e. The normalized spacial score (nSPS) is 22.2. The number of carbonyl (C=O) groups excluding carboxylic acids is 1. The zero-order chi connectivity index (χ0) is 16.6. The second kappa shape index (κ2) is 9.13. The van der Waals surface area contributed by atoms with Gasteiger partial charge in [0.2, 0.25) is 5.91 Å². The summed E-state index contributed by atoms with van der Waals surface area (Å²) in [6, 6.07) is 8.27. The second-order valence-corrected chi connectivity index (χ2v) is 6.38. The smallest absolute Gasteiger partial charge is 0.226 e. The van der Waals surface area contributed by atoms with E-state index in [1.165, 1.54) is 5.56 Å². The van der Waals surface area contributed by atoms with Crippen LogP contribution in [0.3, 0.4) is 0 Å². The Morgan fingerprint density at radius 3 is 2.67 bits per heavy atom. The Bertz CT molecular complexity index is 509. The van der Waals surface area contributed by atoms with Crippen LogP contribution < -0.4 is 10.6 Å². The molecule has 24 heavy (non-hydrogen) atoms. The molecule has 0 radical (unpaired) electrons. The van der Waals surface area contributed by atoms with Crippen molar-refractivity contribution in [3.8, 4) is 0 Å². The number of benzene rings is 1. The van der Waals surface area contributed by atoms with Crippen LogP contribution in [-0.4, -0.2) is 69.5 Å². The summed E-state index contributed by atoms with van der Waals surface area (Å²) in [7, 11) is 0. The number of morpholine rings is 2. The van der Waals surface area contributed by atoms with Gasteiger partial charge in [0.05, 0.1) is 26.4 Å². The summed E-state index contributed by atoms with van der Waals surface area (Å²) in [5.41, 5.74) is 2.15. The third kappa shape index (κ3) is 5.56. The van der Waals surface area contributed by atoms with Crippen LogP contribution in [0.1, 0.15) is 12.0 Å². The van der Waals surface area contributed by atoms with Gasteiger partial charge in [0.1, 0.15) is 0 Å². The van der Waals surface area contributed by atoms with Crippen molar-refractivity contribution in [1.29, 1.82) is 0 Å². The zero-order valence-electron chi connectivity index (χ0n) is 14.1. The molecule has 2 aliphatic heterocycles. The SMILES string of the molecule is O=C(CC1COCCN1)Nc1ccc(CCN2CCOCC2)cc1. The molecule has 2 heterocycles. The lowest BCUT2D eigenvalue weighted by atomic mass is 10.1. The Morgan fingerprint density at radius 1 is 1.17 bits per heavy atom. The second-order valence-electron chi connectivity index (χ2n) is 6.38. The summed E-state index contributed by atoms with van der Waals surface area (Å²) in [6.07, 6.45) is 1.47. The van der Waals surface area contributed by atoms with Crippen LogP contribution in [0.2, 0.25) is 0 Å². The molecule has 3 rings (SSSR count). The van der Waals surface area contributed by atoms with Crippen LogP contribution in [0.5, 0.6) is 0 Å². The molecule has 1 aromatic rings. The van der Waals surface area contributed by atoms with Gasteiger partial charge in [-0.05, 0) is 24.1 Å². The van der Waals surface area contributed by atoms with Gasteiger partial charge in [0.15, 0.2) is 0 Å². The lowest BCUT2D eigenvalue weighted by Crippen LogP contribution is -2.43. The average molecular weight is 333 g/mol. The Morgan fingerprint density at radius 2 is 1.96 bits per heavy atom. The molecule has 0 saturated carbocycles. The Hall–Kier alpha value is -1.47. The molecule has 2 saturated heterocycles. The lowest BCUT2D eigenvalue weighted by Gasteiger charge is -2.26. The minimum atomic E-state index is 0.0269. The van der Waals surface area contributed by atoms with Crippen LogP contribution in [0.4, 0.5) is 5.69 Å². The van der Waals surface area contributed by atoms with Crippen LogP contribution in [0, 0.1) is 0 Å². The molecule has 6 heteroatoms. The lowest BCUT2D eigenvalue weighted by molar-refractivity contribution is -0.117. The van der Waals surface area contributed by atoms with Crippen LogP contribution >= 0.6 is 0 Å². The van der Waals surface area contributed by atoms with Crippen molar-refractivity contribution >= 4 is 11.6 Å². The highest BCUT2D eigenvalue weighted by atomic mass is 16.5. The van der Waals surface area contributed by atoms with E-state index < -0.39 is 0 Å². The molecule has 0 aromatic heterocycles. The number of nitrogens with zero attached hydrogens (tertiary/aromatic N) is 1. The van der Waals surface area contributed by atoms with Gasteiger partial charge in [-0.15, -0.1) is 0 Å². The van der Waals surface area contributed by atoms with E-state index in [-0.39, 0.29) is 11.9 Å². The highest BCUT2D eigenvalue weighted by Gasteiger charge is 2.16. The van der Waals surface area contributed by atoms with Crippen molar-refractivity contribution in [2.75, 3.05) is 57.9 Å². The predicted octanol–water partition coefficient (Wildman–Crippen LogP) is 0.878. The van der Waals surface area contributed by atoms with E-state index in [1.54, 1.807) is 0 Å². The van der Waals surface area contributed by atoms with Gasteiger partial charge in [0.25, 0.3) is 0 Å². The Labute approximate surface area is 143 Å². The standard InChI is InChI=1S/C18H27N3O3/c22-18(13-17-14-24-10-6-19-17)20-16-3-1-15(2-4-16)5-7-21-8-11-23-12-9-21/h1-4,17,19H,5-14H2,(H,20,22). The first-order chi connectivity index (χ1) is 11.8. The summed E-state index contributed by atoms with van der Waals surface area (Å²) >= 11 is 0. The average Bonchev–Trinajstić information content (AvgIpc) is 2.63. The maximum Gasteiger partial charge on any atom is 0.226 e. The van der Waals surface area contributed by atoms with Gasteiger partial charge < -0.3 is 20.1 Å². The summed E-state index contributed by atoms with van der Waals surface area (Å²) in [5.74, 6) is 0.0269. The van der Waals surface area contributed by atoms with Gasteiger partial charge in [0, 0.05) is 44.3 Å². The van der Waals surface area contributed by atoms with E-state index in [4.69, 9.17) is 9.47 Å². The largest absolute Gasteiger partial charge is 0.379 e. The molecule has 1 amide bonds. The molecule has 1 aromatic carbocycles. The fourth-order valence-electron chi connectivity index (χ4n) is 3.05. The molecule has 1 unspecified atom stereocenters. The molecule has 0 aliphatic carbocycles. The molecular weight excluding hydrogens is 306 g/mol. The van der Waals surface area contributed by atoms with Gasteiger partial charge >= 0.3 is 0 Å². The highest BCUT2D eigenvalue weighted by molar-refractivity contribution is 5.91. The van der Waals surface area contributed by atoms with E-state index in [1.807, 2.05) is 12.1 Å². The fourth-order valence-corrected chi connectivity index (χ4v) is 3.05. The predicted molar refractivity (Wildman–Crippen MR) is 93.3 cm³/mol. The third-order valence-electron chi connectivity index (χ3n) is 4.49. The first-order valence-corrected chi connectivity index (χ1v) is 8.79. The molecular formula is C18H27N3O3. The van der Waals surface area contributed by atoms with Crippen LogP contribution in [-0.2, 0) is 20.7 Å². The maximum atomic E-state index is 12.1. The number of ether oxygens (including phenoxy) is 2. The van der Waals surface area contributed by atoms with E-state index in [9.17, 15) is 4.79 Å². The third-order valence-corrected chi connectivity index (χ3v) is 4.49. The molecule has 2 fully saturated rings. The topological polar surface area (TPSA) is 62.8 Å². The Balaban J connectivity index is 1.41. The molecule has 0 bridgehead atoms. The van der Waals surface area contributed by atoms with Crippen molar-refractivity contribution in [3.05, 3.63) is 29.8 Å². The van der Waals surface area contributed by atoms with E-state index in [0.717, 1.165) is 58.1 Å². The quantitative estimate of drug-likeness (QED) is 0.809. The molecule has 0 spiro atoms. The first-order valence-electron chi connectivity index (χ1n) is 8.79. The maximum absolute atomic E-state index is 12.1. The van der Waals surface area contributed by atoms with Crippen molar-refractivity contribution < 1.29 is 14.3 Å². The molecule has 2 N–H and O–H groups in total. The van der Waals surface area contributed by atoms with Gasteiger partial charge in [-0.25, -0.2) is 0 Å². The number of amides is 1. The van der Waals surface area contributed by atoms with E-state index >= 15 is 0 Å². The summed E-state index contributed by atoms with van der Waals surface area (Å²) in [6.45, 7) is 6.92. The van der Waals surface area contributed by atoms with Gasteiger partial charge in [-0.3, -0.25) is 9.69 Å². The number of nitrogens with one attached hydrogen (secondary N) is 2. The highest BCUT2D eigenvalue weighted by Crippen LogP contribution is 2.12. The van der Waals surface area contributed by atoms with Crippen molar-refractivity contribution in [1.82, 2.24) is 10.2 Å². The number of anilines is 1. The van der Waals surface area contributed by atoms with Gasteiger partial charge in [-0.2, -0.15) is 0 Å². The van der Waals surface area contributed by atoms with Crippen LogP contribution in [0.25, 0.3) is 0 Å². The molecule has 132 valence electrons. The first kappa shape index (κ1) is 17.4. The molecule has 2 aliphatic rings.